The summed E-state index contributed by atoms with van der Waals surface area (Å²) in [4.78, 5) is 18.6. The SMILES string of the molecule is COc1ccc(C2CC(=O)C3C(=Nc4ccccc4NC3c3ccc(OC(F)(F)F)cc3)C2)cc1OC. The second-order valence-corrected chi connectivity index (χ2v) is 9.02. The second kappa shape index (κ2) is 9.80. The number of rotatable bonds is 5. The van der Waals surface area contributed by atoms with Gasteiger partial charge in [0, 0.05) is 12.1 Å². The normalized spacial score (nSPS) is 21.1. The average Bonchev–Trinajstić information content (AvgIpc) is 3.04. The first-order valence-corrected chi connectivity index (χ1v) is 11.8. The monoisotopic (exact) mass is 510 g/mol. The molecule has 3 atom stereocenters. The zero-order chi connectivity index (χ0) is 26.2. The number of nitrogens with one attached hydrogen (secondary N) is 1. The summed E-state index contributed by atoms with van der Waals surface area (Å²) in [5.74, 6) is 0.208. The number of carbonyl (C=O) groups excluding carboxylic acids is 1. The van der Waals surface area contributed by atoms with Crippen LogP contribution in [0.1, 0.15) is 35.9 Å². The number of methoxy groups -OCH3 is 2. The number of benzene rings is 3. The number of Topliss-reactive ketones (excluding diaryl/α,β-unsaturated/α-hetero) is 1. The molecule has 6 nitrogen and oxygen atoms in total. The average molecular weight is 511 g/mol. The van der Waals surface area contributed by atoms with Crippen molar-refractivity contribution in [2.45, 2.75) is 31.2 Å². The van der Waals surface area contributed by atoms with E-state index >= 15 is 0 Å². The Balaban J connectivity index is 1.51. The summed E-state index contributed by atoms with van der Waals surface area (Å²) in [6.45, 7) is 0. The summed E-state index contributed by atoms with van der Waals surface area (Å²) in [5, 5.41) is 3.43. The minimum Gasteiger partial charge on any atom is -0.493 e. The number of para-hydroxylation sites is 2. The van der Waals surface area contributed by atoms with E-state index in [1.54, 1.807) is 26.4 Å². The number of alkyl halides is 3. The Hall–Kier alpha value is -4.01. The topological polar surface area (TPSA) is 69.2 Å². The lowest BCUT2D eigenvalue weighted by Gasteiger charge is -2.34. The van der Waals surface area contributed by atoms with E-state index in [1.807, 2.05) is 42.5 Å². The van der Waals surface area contributed by atoms with Gasteiger partial charge in [-0.3, -0.25) is 9.79 Å². The van der Waals surface area contributed by atoms with Crippen molar-refractivity contribution in [3.05, 3.63) is 77.9 Å². The van der Waals surface area contributed by atoms with Gasteiger partial charge in [0.15, 0.2) is 11.5 Å². The largest absolute Gasteiger partial charge is 0.573 e. The Bertz CT molecular complexity index is 1340. The van der Waals surface area contributed by atoms with Gasteiger partial charge in [-0.05, 0) is 59.9 Å². The highest BCUT2D eigenvalue weighted by Crippen LogP contribution is 2.45. The minimum absolute atomic E-state index is 0.00529. The van der Waals surface area contributed by atoms with Gasteiger partial charge in [-0.2, -0.15) is 0 Å². The van der Waals surface area contributed by atoms with Crippen LogP contribution < -0.4 is 19.5 Å². The highest BCUT2D eigenvalue weighted by atomic mass is 19.4. The summed E-state index contributed by atoms with van der Waals surface area (Å²) in [6.07, 6.45) is -3.93. The van der Waals surface area contributed by atoms with E-state index in [0.29, 0.717) is 35.6 Å². The van der Waals surface area contributed by atoms with E-state index in [4.69, 9.17) is 14.5 Å². The molecule has 5 rings (SSSR count). The van der Waals surface area contributed by atoms with Crippen molar-refractivity contribution in [1.82, 2.24) is 0 Å². The molecule has 3 aromatic carbocycles. The van der Waals surface area contributed by atoms with Crippen LogP contribution in [-0.4, -0.2) is 32.1 Å². The van der Waals surface area contributed by atoms with Crippen LogP contribution in [0.2, 0.25) is 0 Å². The minimum atomic E-state index is -4.78. The van der Waals surface area contributed by atoms with E-state index in [2.05, 4.69) is 10.1 Å². The van der Waals surface area contributed by atoms with Crippen molar-refractivity contribution in [2.75, 3.05) is 19.5 Å². The molecular weight excluding hydrogens is 485 g/mol. The molecule has 1 aliphatic carbocycles. The van der Waals surface area contributed by atoms with Crippen molar-refractivity contribution in [1.29, 1.82) is 0 Å². The number of fused-ring (bicyclic) bond motifs is 2. The first-order valence-electron chi connectivity index (χ1n) is 11.8. The molecule has 2 aliphatic rings. The van der Waals surface area contributed by atoms with E-state index in [1.165, 1.54) is 12.1 Å². The molecule has 192 valence electrons. The number of nitrogens with zero attached hydrogens (tertiary/aromatic N) is 1. The van der Waals surface area contributed by atoms with Crippen LogP contribution in [-0.2, 0) is 4.79 Å². The van der Waals surface area contributed by atoms with Crippen LogP contribution in [0.25, 0.3) is 0 Å². The second-order valence-electron chi connectivity index (χ2n) is 9.02. The lowest BCUT2D eigenvalue weighted by molar-refractivity contribution is -0.274. The first kappa shape index (κ1) is 24.7. The zero-order valence-electron chi connectivity index (χ0n) is 20.2. The molecule has 1 N–H and O–H groups in total. The lowest BCUT2D eigenvalue weighted by Crippen LogP contribution is -2.38. The van der Waals surface area contributed by atoms with E-state index in [9.17, 15) is 18.0 Å². The number of aliphatic imine (C=N–C) groups is 1. The van der Waals surface area contributed by atoms with Gasteiger partial charge in [0.05, 0.1) is 37.6 Å². The number of hydrogen-bond acceptors (Lipinski definition) is 6. The number of halogens is 3. The third-order valence-corrected chi connectivity index (χ3v) is 6.77. The van der Waals surface area contributed by atoms with Crippen LogP contribution in [0.3, 0.4) is 0 Å². The molecule has 0 saturated heterocycles. The maximum atomic E-state index is 13.7. The fourth-order valence-corrected chi connectivity index (χ4v) is 5.09. The van der Waals surface area contributed by atoms with Crippen molar-refractivity contribution in [3.8, 4) is 17.2 Å². The van der Waals surface area contributed by atoms with Crippen LogP contribution in [0.5, 0.6) is 17.2 Å². The van der Waals surface area contributed by atoms with E-state index in [0.717, 1.165) is 17.0 Å². The molecular formula is C28H25F3N2O4. The van der Waals surface area contributed by atoms with Crippen LogP contribution in [0, 0.1) is 5.92 Å². The van der Waals surface area contributed by atoms with Crippen molar-refractivity contribution < 1.29 is 32.2 Å². The lowest BCUT2D eigenvalue weighted by atomic mass is 9.72. The van der Waals surface area contributed by atoms with E-state index < -0.39 is 18.3 Å². The summed E-state index contributed by atoms with van der Waals surface area (Å²) in [5.41, 5.74) is 3.81. The fourth-order valence-electron chi connectivity index (χ4n) is 5.09. The molecule has 0 bridgehead atoms. The van der Waals surface area contributed by atoms with Crippen LogP contribution >= 0.6 is 0 Å². The number of ketones is 1. The maximum Gasteiger partial charge on any atom is 0.573 e. The Morgan fingerprint density at radius 1 is 0.892 bits per heavy atom. The molecule has 1 saturated carbocycles. The Labute approximate surface area is 212 Å². The standard InChI is InChI=1S/C28H25F3N2O4/c1-35-24-12-9-17(15-25(24)36-2)18-13-22-26(23(34)14-18)27(33-21-6-4-3-5-20(21)32-22)16-7-10-19(11-8-16)37-28(29,30)31/h3-12,15,18,26-27,33H,13-14H2,1-2H3. The maximum absolute atomic E-state index is 13.7. The Morgan fingerprint density at radius 2 is 1.59 bits per heavy atom. The Kier molecular flexibility index (Phi) is 6.54. The molecule has 0 spiro atoms. The first-order chi connectivity index (χ1) is 17.8. The third kappa shape index (κ3) is 5.12. The van der Waals surface area contributed by atoms with Crippen molar-refractivity contribution >= 4 is 22.9 Å². The van der Waals surface area contributed by atoms with Gasteiger partial charge in [-0.15, -0.1) is 13.2 Å². The zero-order valence-corrected chi connectivity index (χ0v) is 20.2. The molecule has 3 aromatic rings. The van der Waals surface area contributed by atoms with Gasteiger partial charge in [-0.25, -0.2) is 0 Å². The summed E-state index contributed by atoms with van der Waals surface area (Å²) >= 11 is 0. The number of ether oxygens (including phenoxy) is 3. The number of carbonyl (C=O) groups is 1. The quantitative estimate of drug-likeness (QED) is 0.419. The predicted molar refractivity (Wildman–Crippen MR) is 133 cm³/mol. The van der Waals surface area contributed by atoms with Gasteiger partial charge in [0.25, 0.3) is 0 Å². The summed E-state index contributed by atoms with van der Waals surface area (Å²) < 4.78 is 52.8. The molecule has 1 aliphatic heterocycles. The molecule has 0 amide bonds. The highest BCUT2D eigenvalue weighted by Gasteiger charge is 2.42. The van der Waals surface area contributed by atoms with Gasteiger partial charge < -0.3 is 19.5 Å². The highest BCUT2D eigenvalue weighted by molar-refractivity contribution is 6.10. The molecule has 1 fully saturated rings. The molecule has 0 aromatic heterocycles. The molecule has 37 heavy (non-hydrogen) atoms. The smallest absolute Gasteiger partial charge is 0.493 e. The number of anilines is 1. The van der Waals surface area contributed by atoms with Gasteiger partial charge >= 0.3 is 6.36 Å². The third-order valence-electron chi connectivity index (χ3n) is 6.77. The number of hydrogen-bond donors (Lipinski definition) is 1. The van der Waals surface area contributed by atoms with Crippen molar-refractivity contribution in [3.63, 3.8) is 0 Å². The molecule has 3 unspecified atom stereocenters. The fraction of sp³-hybridized carbons (Fsp3) is 0.286. The summed E-state index contributed by atoms with van der Waals surface area (Å²) in [6, 6.07) is 18.3. The predicted octanol–water partition coefficient (Wildman–Crippen LogP) is 6.60. The van der Waals surface area contributed by atoms with Crippen molar-refractivity contribution in [2.24, 2.45) is 10.9 Å². The van der Waals surface area contributed by atoms with Gasteiger partial charge in [-0.1, -0.05) is 30.3 Å². The molecule has 0 radical (unpaired) electrons. The van der Waals surface area contributed by atoms with Crippen LogP contribution in [0.15, 0.2) is 71.7 Å². The summed E-state index contributed by atoms with van der Waals surface area (Å²) in [7, 11) is 3.14. The van der Waals surface area contributed by atoms with E-state index in [-0.39, 0.29) is 17.5 Å². The Morgan fingerprint density at radius 3 is 2.30 bits per heavy atom. The van der Waals surface area contributed by atoms with Gasteiger partial charge in [0.1, 0.15) is 11.5 Å². The van der Waals surface area contributed by atoms with Crippen LogP contribution in [0.4, 0.5) is 24.5 Å². The van der Waals surface area contributed by atoms with Gasteiger partial charge in [0.2, 0.25) is 0 Å². The molecule has 9 heteroatoms. The molecule has 1 heterocycles.